The van der Waals surface area contributed by atoms with Crippen LogP contribution in [0, 0.1) is 0 Å². The van der Waals surface area contributed by atoms with E-state index in [4.69, 9.17) is 16.2 Å². The van der Waals surface area contributed by atoms with E-state index < -0.39 is 11.1 Å². The molecule has 1 aliphatic rings. The quantitative estimate of drug-likeness (QED) is 0.851. The van der Waals surface area contributed by atoms with Crippen LogP contribution >= 0.6 is 11.6 Å². The molecule has 1 atom stereocenters. The predicted octanol–water partition coefficient (Wildman–Crippen LogP) is 1.64. The van der Waals surface area contributed by atoms with E-state index in [0.717, 1.165) is 36.9 Å². The Labute approximate surface area is 108 Å². The molecule has 1 unspecified atom stereocenters. The highest BCUT2D eigenvalue weighted by molar-refractivity contribution is 7.79. The van der Waals surface area contributed by atoms with Gasteiger partial charge in [0.1, 0.15) is 5.88 Å². The van der Waals surface area contributed by atoms with Crippen molar-refractivity contribution in [1.29, 1.82) is 0 Å². The Morgan fingerprint density at radius 2 is 1.76 bits per heavy atom. The maximum Gasteiger partial charge on any atom is 0.167 e. The van der Waals surface area contributed by atoms with E-state index in [-0.39, 0.29) is 5.88 Å². The summed E-state index contributed by atoms with van der Waals surface area (Å²) in [4.78, 5) is 4.26. The highest BCUT2D eigenvalue weighted by Gasteiger charge is 2.17. The Balaban J connectivity index is 1.90. The Hall–Kier alpha value is -0.620. The van der Waals surface area contributed by atoms with Crippen molar-refractivity contribution in [3.8, 4) is 0 Å². The fraction of sp³-hybridized carbons (Fsp3) is 0.455. The molecule has 1 saturated heterocycles. The molecular weight excluding hydrogens is 260 g/mol. The Bertz CT molecular complexity index is 391. The Kier molecular flexibility index (Phi) is 4.39. The van der Waals surface area contributed by atoms with Gasteiger partial charge in [-0.1, -0.05) is 11.6 Å². The fourth-order valence-electron chi connectivity index (χ4n) is 1.94. The van der Waals surface area contributed by atoms with Crippen LogP contribution in [0.25, 0.3) is 0 Å². The molecule has 1 fully saturated rings. The van der Waals surface area contributed by atoms with E-state index >= 15 is 0 Å². The molecule has 94 valence electrons. The molecule has 1 aromatic carbocycles. The second kappa shape index (κ2) is 5.82. The third kappa shape index (κ3) is 3.67. The lowest BCUT2D eigenvalue weighted by Gasteiger charge is -2.35. The molecule has 1 aromatic rings. The normalized spacial score (nSPS) is 19.3. The van der Waals surface area contributed by atoms with Gasteiger partial charge in [0, 0.05) is 36.9 Å². The van der Waals surface area contributed by atoms with Gasteiger partial charge in [-0.2, -0.15) is 0 Å². The van der Waals surface area contributed by atoms with E-state index in [1.54, 1.807) is 0 Å². The first-order valence-electron chi connectivity index (χ1n) is 5.45. The molecule has 0 spiro atoms. The van der Waals surface area contributed by atoms with Crippen molar-refractivity contribution in [3.63, 3.8) is 0 Å². The van der Waals surface area contributed by atoms with E-state index in [1.807, 2.05) is 29.2 Å². The number of hydrogen-bond acceptors (Lipinski definition) is 3. The van der Waals surface area contributed by atoms with Gasteiger partial charge in [-0.25, -0.2) is 4.21 Å². The lowest BCUT2D eigenvalue weighted by molar-refractivity contribution is 0.292. The van der Waals surface area contributed by atoms with Gasteiger partial charge < -0.3 is 9.45 Å². The number of piperazine rings is 1. The van der Waals surface area contributed by atoms with Gasteiger partial charge in [0.15, 0.2) is 11.1 Å². The van der Waals surface area contributed by atoms with Gasteiger partial charge >= 0.3 is 0 Å². The van der Waals surface area contributed by atoms with Crippen LogP contribution in [0.2, 0.25) is 5.02 Å². The van der Waals surface area contributed by atoms with Crippen LogP contribution in [-0.2, 0) is 11.1 Å². The van der Waals surface area contributed by atoms with Gasteiger partial charge in [-0.05, 0) is 24.3 Å². The lowest BCUT2D eigenvalue weighted by atomic mass is 10.2. The van der Waals surface area contributed by atoms with E-state index in [1.165, 1.54) is 0 Å². The number of halogens is 1. The molecule has 1 heterocycles. The maximum absolute atomic E-state index is 10.7. The van der Waals surface area contributed by atoms with Gasteiger partial charge in [-0.15, -0.1) is 0 Å². The molecule has 0 radical (unpaired) electrons. The summed E-state index contributed by atoms with van der Waals surface area (Å²) in [6.07, 6.45) is 0. The van der Waals surface area contributed by atoms with Crippen molar-refractivity contribution in [2.75, 3.05) is 37.0 Å². The van der Waals surface area contributed by atoms with Crippen LogP contribution in [-0.4, -0.2) is 45.7 Å². The van der Waals surface area contributed by atoms with Crippen LogP contribution in [0.5, 0.6) is 0 Å². The largest absolute Gasteiger partial charge is 0.369 e. The molecule has 0 saturated carbocycles. The van der Waals surface area contributed by atoms with Crippen LogP contribution < -0.4 is 4.90 Å². The average molecular weight is 275 g/mol. The van der Waals surface area contributed by atoms with Crippen molar-refractivity contribution < 1.29 is 8.76 Å². The zero-order valence-corrected chi connectivity index (χ0v) is 11.0. The monoisotopic (exact) mass is 274 g/mol. The minimum Gasteiger partial charge on any atom is -0.369 e. The molecule has 4 nitrogen and oxygen atoms in total. The third-order valence-corrected chi connectivity index (χ3v) is 3.70. The van der Waals surface area contributed by atoms with E-state index in [2.05, 4.69) is 4.90 Å². The minimum absolute atomic E-state index is 0.245. The summed E-state index contributed by atoms with van der Waals surface area (Å²) < 4.78 is 19.5. The van der Waals surface area contributed by atoms with Crippen molar-refractivity contribution in [1.82, 2.24) is 4.90 Å². The Morgan fingerprint density at radius 3 is 2.29 bits per heavy atom. The summed E-state index contributed by atoms with van der Waals surface area (Å²) in [5.41, 5.74) is 1.15. The topological polar surface area (TPSA) is 43.8 Å². The number of benzene rings is 1. The zero-order valence-electron chi connectivity index (χ0n) is 9.38. The van der Waals surface area contributed by atoms with Crippen LogP contribution in [0.4, 0.5) is 5.69 Å². The summed E-state index contributed by atoms with van der Waals surface area (Å²) >= 11 is 4.11. The van der Waals surface area contributed by atoms with Crippen LogP contribution in [0.15, 0.2) is 24.3 Å². The van der Waals surface area contributed by atoms with Crippen molar-refractivity contribution in [2.24, 2.45) is 0 Å². The first kappa shape index (κ1) is 12.8. The maximum atomic E-state index is 10.7. The molecule has 17 heavy (non-hydrogen) atoms. The first-order valence-corrected chi connectivity index (χ1v) is 7.11. The SMILES string of the molecule is O=S(O)CN1CCN(c2ccc(Cl)cc2)CC1. The summed E-state index contributed by atoms with van der Waals surface area (Å²) in [6.45, 7) is 3.38. The van der Waals surface area contributed by atoms with Crippen LogP contribution in [0.3, 0.4) is 0 Å². The molecule has 0 bridgehead atoms. The second-order valence-corrected chi connectivity index (χ2v) is 5.37. The van der Waals surface area contributed by atoms with Gasteiger partial charge in [0.2, 0.25) is 0 Å². The summed E-state index contributed by atoms with van der Waals surface area (Å²) in [6, 6.07) is 7.77. The summed E-state index contributed by atoms with van der Waals surface area (Å²) in [5, 5.41) is 0.739. The summed E-state index contributed by atoms with van der Waals surface area (Å²) in [7, 11) is 0. The van der Waals surface area contributed by atoms with E-state index in [9.17, 15) is 4.21 Å². The minimum atomic E-state index is -1.73. The molecule has 1 aliphatic heterocycles. The van der Waals surface area contributed by atoms with Gasteiger partial charge in [0.25, 0.3) is 0 Å². The standard InChI is InChI=1S/C11H15ClN2O2S/c12-10-1-3-11(4-2-10)14-7-5-13(6-8-14)9-17(15)16/h1-4H,5-9H2,(H,15,16). The number of rotatable bonds is 3. The van der Waals surface area contributed by atoms with Gasteiger partial charge in [0.05, 0.1) is 0 Å². The highest BCUT2D eigenvalue weighted by atomic mass is 35.5. The van der Waals surface area contributed by atoms with Crippen molar-refractivity contribution >= 4 is 28.4 Å². The Morgan fingerprint density at radius 1 is 1.18 bits per heavy atom. The molecule has 1 N–H and O–H groups in total. The molecule has 0 aromatic heterocycles. The predicted molar refractivity (Wildman–Crippen MR) is 70.9 cm³/mol. The lowest BCUT2D eigenvalue weighted by Crippen LogP contribution is -2.47. The number of nitrogens with zero attached hydrogens (tertiary/aromatic N) is 2. The fourth-order valence-corrected chi connectivity index (χ4v) is 2.64. The van der Waals surface area contributed by atoms with Gasteiger partial charge in [-0.3, -0.25) is 4.90 Å². The molecule has 6 heteroatoms. The van der Waals surface area contributed by atoms with E-state index in [0.29, 0.717) is 0 Å². The summed E-state index contributed by atoms with van der Waals surface area (Å²) in [5.74, 6) is 0.245. The molecule has 2 rings (SSSR count). The molecule has 0 aliphatic carbocycles. The number of hydrogen-bond donors (Lipinski definition) is 1. The highest BCUT2D eigenvalue weighted by Crippen LogP contribution is 2.19. The molecular formula is C11H15ClN2O2S. The van der Waals surface area contributed by atoms with Crippen LogP contribution in [0.1, 0.15) is 0 Å². The van der Waals surface area contributed by atoms with Crippen molar-refractivity contribution in [2.45, 2.75) is 0 Å². The molecule has 0 amide bonds. The smallest absolute Gasteiger partial charge is 0.167 e. The third-order valence-electron chi connectivity index (χ3n) is 2.86. The zero-order chi connectivity index (χ0) is 12.3. The first-order chi connectivity index (χ1) is 8.15. The van der Waals surface area contributed by atoms with Crippen molar-refractivity contribution in [3.05, 3.63) is 29.3 Å². The second-order valence-electron chi connectivity index (χ2n) is 4.03. The average Bonchev–Trinajstić information content (AvgIpc) is 2.30. The number of anilines is 1.